The second kappa shape index (κ2) is 6.14. The lowest BCUT2D eigenvalue weighted by Gasteiger charge is -2.37. The molecule has 1 saturated heterocycles. The molecule has 0 saturated carbocycles. The van der Waals surface area contributed by atoms with Crippen LogP contribution in [0.25, 0.3) is 11.3 Å². The molecule has 0 radical (unpaired) electrons. The number of H-pyrrole nitrogens is 1. The van der Waals surface area contributed by atoms with Crippen molar-refractivity contribution in [2.24, 2.45) is 0 Å². The number of aromatic nitrogens is 2. The molecule has 0 spiro atoms. The predicted octanol–water partition coefficient (Wildman–Crippen LogP) is 3.14. The van der Waals surface area contributed by atoms with Gasteiger partial charge in [-0.15, -0.1) is 0 Å². The van der Waals surface area contributed by atoms with Crippen molar-refractivity contribution < 1.29 is 13.5 Å². The van der Waals surface area contributed by atoms with Crippen molar-refractivity contribution in [3.63, 3.8) is 0 Å². The highest BCUT2D eigenvalue weighted by Crippen LogP contribution is 2.27. The van der Waals surface area contributed by atoms with Gasteiger partial charge in [0.1, 0.15) is 17.5 Å². The number of hydrogen-bond donors (Lipinski definition) is 1. The van der Waals surface area contributed by atoms with Crippen LogP contribution in [0.3, 0.4) is 0 Å². The average molecular weight is 307 g/mol. The molecule has 1 N–H and O–H groups in total. The van der Waals surface area contributed by atoms with Gasteiger partial charge in [-0.2, -0.15) is 0 Å². The molecule has 3 rings (SSSR count). The molecule has 2 aromatic rings. The molecule has 6 heteroatoms. The topological polar surface area (TPSA) is 41.1 Å². The first-order valence-electron chi connectivity index (χ1n) is 7.40. The summed E-state index contributed by atoms with van der Waals surface area (Å²) in [4.78, 5) is 9.82. The molecule has 0 bridgehead atoms. The number of imidazole rings is 1. The Kier molecular flexibility index (Phi) is 4.22. The minimum Gasteiger partial charge on any atom is -0.378 e. The van der Waals surface area contributed by atoms with E-state index < -0.39 is 11.6 Å². The fourth-order valence-corrected chi connectivity index (χ4v) is 2.82. The Morgan fingerprint density at radius 2 is 2.18 bits per heavy atom. The molecular formula is C16H19F2N3O. The zero-order valence-corrected chi connectivity index (χ0v) is 12.6. The van der Waals surface area contributed by atoms with E-state index in [4.69, 9.17) is 4.74 Å². The Morgan fingerprint density at radius 3 is 2.91 bits per heavy atom. The molecule has 1 aromatic heterocycles. The quantitative estimate of drug-likeness (QED) is 0.947. The third-order valence-electron chi connectivity index (χ3n) is 3.97. The fourth-order valence-electron chi connectivity index (χ4n) is 2.82. The maximum atomic E-state index is 13.9. The molecule has 22 heavy (non-hydrogen) atoms. The van der Waals surface area contributed by atoms with Crippen LogP contribution >= 0.6 is 0 Å². The summed E-state index contributed by atoms with van der Waals surface area (Å²) >= 11 is 0. The van der Waals surface area contributed by atoms with E-state index >= 15 is 0 Å². The third kappa shape index (κ3) is 2.89. The summed E-state index contributed by atoms with van der Waals surface area (Å²) < 4.78 is 32.4. The summed E-state index contributed by atoms with van der Waals surface area (Å²) in [5.41, 5.74) is 0.856. The lowest BCUT2D eigenvalue weighted by atomic mass is 10.1. The number of hydrogen-bond acceptors (Lipinski definition) is 3. The molecule has 0 unspecified atom stereocenters. The highest BCUT2D eigenvalue weighted by Gasteiger charge is 2.29. The summed E-state index contributed by atoms with van der Waals surface area (Å²) in [7, 11) is 0. The number of aromatic amines is 1. The van der Waals surface area contributed by atoms with Crippen LogP contribution in [0.2, 0.25) is 0 Å². The predicted molar refractivity (Wildman–Crippen MR) is 79.3 cm³/mol. The van der Waals surface area contributed by atoms with Gasteiger partial charge in [0.15, 0.2) is 0 Å². The van der Waals surface area contributed by atoms with Crippen LogP contribution in [0.4, 0.5) is 8.78 Å². The van der Waals surface area contributed by atoms with E-state index in [1.54, 1.807) is 6.20 Å². The number of benzene rings is 1. The number of ether oxygens (including phenoxy) is 1. The van der Waals surface area contributed by atoms with Crippen molar-refractivity contribution in [1.29, 1.82) is 0 Å². The molecule has 2 heterocycles. The van der Waals surface area contributed by atoms with Gasteiger partial charge in [0, 0.05) is 24.2 Å². The van der Waals surface area contributed by atoms with E-state index in [0.717, 1.165) is 18.4 Å². The third-order valence-corrected chi connectivity index (χ3v) is 3.97. The van der Waals surface area contributed by atoms with Gasteiger partial charge < -0.3 is 9.72 Å². The van der Waals surface area contributed by atoms with Gasteiger partial charge in [-0.05, 0) is 26.0 Å². The fraction of sp³-hybridized carbons (Fsp3) is 0.438. The van der Waals surface area contributed by atoms with Gasteiger partial charge in [0.25, 0.3) is 0 Å². The van der Waals surface area contributed by atoms with Crippen LogP contribution in [-0.4, -0.2) is 40.7 Å². The highest BCUT2D eigenvalue weighted by atomic mass is 19.1. The first-order chi connectivity index (χ1) is 10.6. The maximum absolute atomic E-state index is 13.9. The molecule has 4 nitrogen and oxygen atoms in total. The number of rotatable bonds is 3. The summed E-state index contributed by atoms with van der Waals surface area (Å²) in [6.07, 6.45) is 1.58. The Labute approximate surface area is 128 Å². The summed E-state index contributed by atoms with van der Waals surface area (Å²) in [6.45, 7) is 6.35. The normalized spacial score (nSPS) is 19.8. The van der Waals surface area contributed by atoms with Gasteiger partial charge in [0.2, 0.25) is 0 Å². The van der Waals surface area contributed by atoms with E-state index in [0.29, 0.717) is 30.5 Å². The summed E-state index contributed by atoms with van der Waals surface area (Å²) in [5.74, 6) is -0.449. The molecule has 1 aromatic carbocycles. The van der Waals surface area contributed by atoms with Crippen molar-refractivity contribution in [2.45, 2.75) is 25.9 Å². The Morgan fingerprint density at radius 1 is 1.36 bits per heavy atom. The number of nitrogens with one attached hydrogen (secondary N) is 1. The van der Waals surface area contributed by atoms with Crippen LogP contribution in [0.1, 0.15) is 25.7 Å². The highest BCUT2D eigenvalue weighted by molar-refractivity contribution is 5.59. The molecule has 118 valence electrons. The zero-order valence-electron chi connectivity index (χ0n) is 12.6. The minimum atomic E-state index is -0.601. The molecule has 0 aliphatic carbocycles. The number of morpholine rings is 1. The Hall–Kier alpha value is -1.79. The van der Waals surface area contributed by atoms with Crippen molar-refractivity contribution in [1.82, 2.24) is 14.9 Å². The Balaban J connectivity index is 1.89. The van der Waals surface area contributed by atoms with Crippen LogP contribution in [0.5, 0.6) is 0 Å². The average Bonchev–Trinajstić information content (AvgIpc) is 2.96. The van der Waals surface area contributed by atoms with Crippen molar-refractivity contribution in [2.75, 3.05) is 19.8 Å². The van der Waals surface area contributed by atoms with Crippen molar-refractivity contribution in [3.05, 3.63) is 41.9 Å². The van der Waals surface area contributed by atoms with E-state index in [1.807, 2.05) is 0 Å². The van der Waals surface area contributed by atoms with Gasteiger partial charge >= 0.3 is 0 Å². The van der Waals surface area contributed by atoms with E-state index in [-0.39, 0.29) is 6.04 Å². The van der Waals surface area contributed by atoms with E-state index in [1.165, 1.54) is 12.1 Å². The standard InChI is InChI=1S/C16H19F2N3O/c1-10(2)21-5-6-22-9-15(21)16-19-8-14(20-16)12-4-3-11(17)7-13(12)18/h3-4,7-8,10,15H,5-6,9H2,1-2H3,(H,19,20)/t15-/m0/s1. The number of halogens is 2. The number of nitrogens with zero attached hydrogens (tertiary/aromatic N) is 2. The first kappa shape index (κ1) is 15.1. The van der Waals surface area contributed by atoms with Gasteiger partial charge in [-0.25, -0.2) is 13.8 Å². The second-order valence-corrected chi connectivity index (χ2v) is 5.73. The largest absolute Gasteiger partial charge is 0.378 e. The van der Waals surface area contributed by atoms with E-state index in [2.05, 4.69) is 28.7 Å². The lowest BCUT2D eigenvalue weighted by molar-refractivity contribution is -0.0262. The lowest BCUT2D eigenvalue weighted by Crippen LogP contribution is -2.43. The molecule has 1 aliphatic heterocycles. The van der Waals surface area contributed by atoms with Crippen molar-refractivity contribution >= 4 is 0 Å². The van der Waals surface area contributed by atoms with Gasteiger partial charge in [-0.3, -0.25) is 4.90 Å². The molecule has 1 aliphatic rings. The van der Waals surface area contributed by atoms with Crippen LogP contribution in [0, 0.1) is 11.6 Å². The zero-order chi connectivity index (χ0) is 15.7. The Bertz CT molecular complexity index is 657. The van der Waals surface area contributed by atoms with Gasteiger partial charge in [0.05, 0.1) is 31.1 Å². The minimum absolute atomic E-state index is 0.0195. The van der Waals surface area contributed by atoms with Crippen LogP contribution in [-0.2, 0) is 4.74 Å². The van der Waals surface area contributed by atoms with Crippen molar-refractivity contribution in [3.8, 4) is 11.3 Å². The maximum Gasteiger partial charge on any atom is 0.135 e. The SMILES string of the molecule is CC(C)N1CCOC[C@H]1c1ncc(-c2ccc(F)cc2F)[nH]1. The summed E-state index contributed by atoms with van der Waals surface area (Å²) in [5, 5.41) is 0. The first-order valence-corrected chi connectivity index (χ1v) is 7.40. The van der Waals surface area contributed by atoms with Crippen LogP contribution in [0.15, 0.2) is 24.4 Å². The monoisotopic (exact) mass is 307 g/mol. The molecule has 1 fully saturated rings. The molecule has 0 amide bonds. The molecule has 1 atom stereocenters. The smallest absolute Gasteiger partial charge is 0.135 e. The second-order valence-electron chi connectivity index (χ2n) is 5.73. The summed E-state index contributed by atoms with van der Waals surface area (Å²) in [6, 6.07) is 3.92. The molecular weight excluding hydrogens is 288 g/mol. The van der Waals surface area contributed by atoms with Crippen LogP contribution < -0.4 is 0 Å². The van der Waals surface area contributed by atoms with E-state index in [9.17, 15) is 8.78 Å². The van der Waals surface area contributed by atoms with Gasteiger partial charge in [-0.1, -0.05) is 0 Å².